The van der Waals surface area contributed by atoms with Crippen molar-refractivity contribution in [2.24, 2.45) is 0 Å². The largest absolute Gasteiger partial charge is 0.342 e. The monoisotopic (exact) mass is 329 g/mol. The second-order valence-corrected chi connectivity index (χ2v) is 6.88. The van der Waals surface area contributed by atoms with Gasteiger partial charge in [-0.25, -0.2) is 0 Å². The maximum Gasteiger partial charge on any atom is 0.253 e. The van der Waals surface area contributed by atoms with E-state index in [0.29, 0.717) is 19.6 Å². The number of benzene rings is 1. The summed E-state index contributed by atoms with van der Waals surface area (Å²) in [5, 5.41) is 0. The van der Waals surface area contributed by atoms with Gasteiger partial charge in [-0.2, -0.15) is 0 Å². The highest BCUT2D eigenvalue weighted by molar-refractivity contribution is 5.94. The van der Waals surface area contributed by atoms with Crippen LogP contribution in [0.15, 0.2) is 24.3 Å². The quantitative estimate of drug-likeness (QED) is 0.849. The van der Waals surface area contributed by atoms with Crippen molar-refractivity contribution in [3.63, 3.8) is 0 Å². The van der Waals surface area contributed by atoms with Crippen molar-refractivity contribution in [1.29, 1.82) is 0 Å². The fourth-order valence-corrected chi connectivity index (χ4v) is 3.50. The molecule has 0 saturated carbocycles. The molecule has 0 N–H and O–H groups in total. The maximum atomic E-state index is 12.6. The fraction of sp³-hybridized carbons (Fsp3) is 0.579. The third-order valence-electron chi connectivity index (χ3n) is 4.99. The van der Waals surface area contributed by atoms with E-state index in [1.54, 1.807) is 0 Å². The number of carbonyl (C=O) groups excluding carboxylic acids is 2. The number of likely N-dealkylation sites (tertiary alicyclic amines) is 1. The summed E-state index contributed by atoms with van der Waals surface area (Å²) >= 11 is 0. The first-order valence-electron chi connectivity index (χ1n) is 8.99. The summed E-state index contributed by atoms with van der Waals surface area (Å²) < 4.78 is 0. The molecule has 2 fully saturated rings. The van der Waals surface area contributed by atoms with Gasteiger partial charge < -0.3 is 9.80 Å². The molecule has 2 aliphatic heterocycles. The van der Waals surface area contributed by atoms with Gasteiger partial charge in [0.1, 0.15) is 0 Å². The summed E-state index contributed by atoms with van der Waals surface area (Å²) in [5.41, 5.74) is 1.86. The van der Waals surface area contributed by atoms with Crippen LogP contribution in [-0.4, -0.2) is 72.3 Å². The first-order valence-corrected chi connectivity index (χ1v) is 8.99. The SMILES string of the molecule is Cc1cccc(C(=O)N2CCN(CC(=O)N3CCCCC3)CC2)c1. The Kier molecular flexibility index (Phi) is 5.51. The molecule has 0 spiro atoms. The van der Waals surface area contributed by atoms with Gasteiger partial charge >= 0.3 is 0 Å². The lowest BCUT2D eigenvalue weighted by Crippen LogP contribution is -2.52. The highest BCUT2D eigenvalue weighted by atomic mass is 16.2. The lowest BCUT2D eigenvalue weighted by molar-refractivity contribution is -0.133. The van der Waals surface area contributed by atoms with Crippen molar-refractivity contribution < 1.29 is 9.59 Å². The molecule has 24 heavy (non-hydrogen) atoms. The summed E-state index contributed by atoms with van der Waals surface area (Å²) in [6.07, 6.45) is 3.50. The van der Waals surface area contributed by atoms with Gasteiger partial charge in [0.2, 0.25) is 5.91 Å². The van der Waals surface area contributed by atoms with E-state index in [1.807, 2.05) is 41.0 Å². The zero-order chi connectivity index (χ0) is 16.9. The summed E-state index contributed by atoms with van der Waals surface area (Å²) in [4.78, 5) is 31.0. The van der Waals surface area contributed by atoms with Gasteiger partial charge in [0.05, 0.1) is 6.54 Å². The molecule has 0 atom stereocenters. The Bertz CT molecular complexity index is 588. The first-order chi connectivity index (χ1) is 11.6. The van der Waals surface area contributed by atoms with Crippen LogP contribution in [-0.2, 0) is 4.79 Å². The number of carbonyl (C=O) groups is 2. The average Bonchev–Trinajstić information content (AvgIpc) is 2.62. The average molecular weight is 329 g/mol. The maximum absolute atomic E-state index is 12.6. The highest BCUT2D eigenvalue weighted by Crippen LogP contribution is 2.12. The molecule has 3 rings (SSSR count). The molecule has 0 aromatic heterocycles. The van der Waals surface area contributed by atoms with Gasteiger partial charge in [-0.05, 0) is 38.3 Å². The fourth-order valence-electron chi connectivity index (χ4n) is 3.50. The summed E-state index contributed by atoms with van der Waals surface area (Å²) in [6, 6.07) is 7.74. The number of piperidine rings is 1. The van der Waals surface area contributed by atoms with Crippen LogP contribution in [0.1, 0.15) is 35.2 Å². The predicted molar refractivity (Wildman–Crippen MR) is 94.0 cm³/mol. The van der Waals surface area contributed by atoms with E-state index in [9.17, 15) is 9.59 Å². The Morgan fingerprint density at radius 1 is 0.917 bits per heavy atom. The molecule has 0 aliphatic carbocycles. The topological polar surface area (TPSA) is 43.9 Å². The Balaban J connectivity index is 1.48. The predicted octanol–water partition coefficient (Wildman–Crippen LogP) is 1.77. The normalized spacial score (nSPS) is 19.4. The minimum absolute atomic E-state index is 0.0979. The van der Waals surface area contributed by atoms with Gasteiger partial charge in [-0.15, -0.1) is 0 Å². The van der Waals surface area contributed by atoms with Crippen molar-refractivity contribution >= 4 is 11.8 Å². The third-order valence-corrected chi connectivity index (χ3v) is 4.99. The second kappa shape index (κ2) is 7.79. The summed E-state index contributed by atoms with van der Waals surface area (Å²) in [6.45, 7) is 7.25. The van der Waals surface area contributed by atoms with E-state index in [-0.39, 0.29) is 11.8 Å². The molecule has 5 heteroatoms. The Hall–Kier alpha value is -1.88. The van der Waals surface area contributed by atoms with Crippen LogP contribution in [0, 0.1) is 6.92 Å². The van der Waals surface area contributed by atoms with E-state index < -0.39 is 0 Å². The number of hydrogen-bond acceptors (Lipinski definition) is 3. The number of piperazine rings is 1. The molecule has 2 heterocycles. The highest BCUT2D eigenvalue weighted by Gasteiger charge is 2.25. The van der Waals surface area contributed by atoms with Crippen LogP contribution < -0.4 is 0 Å². The summed E-state index contributed by atoms with van der Waals surface area (Å²) in [5.74, 6) is 0.342. The van der Waals surface area contributed by atoms with Gasteiger partial charge in [0.15, 0.2) is 0 Å². The van der Waals surface area contributed by atoms with Crippen molar-refractivity contribution in [2.75, 3.05) is 45.8 Å². The van der Waals surface area contributed by atoms with Crippen LogP contribution in [0.25, 0.3) is 0 Å². The lowest BCUT2D eigenvalue weighted by Gasteiger charge is -2.36. The lowest BCUT2D eigenvalue weighted by atomic mass is 10.1. The minimum Gasteiger partial charge on any atom is -0.342 e. The van der Waals surface area contributed by atoms with Crippen molar-refractivity contribution in [3.05, 3.63) is 35.4 Å². The zero-order valence-electron chi connectivity index (χ0n) is 14.5. The number of nitrogens with zero attached hydrogens (tertiary/aromatic N) is 3. The second-order valence-electron chi connectivity index (χ2n) is 6.88. The van der Waals surface area contributed by atoms with Crippen LogP contribution >= 0.6 is 0 Å². The number of hydrogen-bond donors (Lipinski definition) is 0. The van der Waals surface area contributed by atoms with E-state index in [1.165, 1.54) is 6.42 Å². The van der Waals surface area contributed by atoms with Crippen LogP contribution in [0.5, 0.6) is 0 Å². The molecule has 1 aromatic carbocycles. The van der Waals surface area contributed by atoms with Crippen LogP contribution in [0.4, 0.5) is 0 Å². The number of aryl methyl sites for hydroxylation is 1. The van der Waals surface area contributed by atoms with Crippen molar-refractivity contribution in [2.45, 2.75) is 26.2 Å². The van der Waals surface area contributed by atoms with Gasteiger partial charge in [0.25, 0.3) is 5.91 Å². The third kappa shape index (κ3) is 4.15. The Labute approximate surface area is 144 Å². The molecule has 0 radical (unpaired) electrons. The van der Waals surface area contributed by atoms with Crippen molar-refractivity contribution in [1.82, 2.24) is 14.7 Å². The smallest absolute Gasteiger partial charge is 0.253 e. The van der Waals surface area contributed by atoms with Crippen molar-refractivity contribution in [3.8, 4) is 0 Å². The number of amides is 2. The molecule has 0 unspecified atom stereocenters. The molecule has 2 saturated heterocycles. The number of rotatable bonds is 3. The van der Waals surface area contributed by atoms with Gasteiger partial charge in [-0.3, -0.25) is 14.5 Å². The molecule has 1 aromatic rings. The minimum atomic E-state index is 0.0979. The first kappa shape index (κ1) is 17.0. The van der Waals surface area contributed by atoms with Gasteiger partial charge in [-0.1, -0.05) is 17.7 Å². The Morgan fingerprint density at radius 3 is 2.29 bits per heavy atom. The molecule has 0 bridgehead atoms. The Morgan fingerprint density at radius 2 is 1.62 bits per heavy atom. The summed E-state index contributed by atoms with van der Waals surface area (Å²) in [7, 11) is 0. The van der Waals surface area contributed by atoms with Gasteiger partial charge in [0, 0.05) is 44.8 Å². The molecule has 2 aliphatic rings. The molecular weight excluding hydrogens is 302 g/mol. The van der Waals surface area contributed by atoms with Crippen LogP contribution in [0.3, 0.4) is 0 Å². The zero-order valence-corrected chi connectivity index (χ0v) is 14.5. The van der Waals surface area contributed by atoms with E-state index >= 15 is 0 Å². The van der Waals surface area contributed by atoms with E-state index in [2.05, 4.69) is 4.90 Å². The molecule has 5 nitrogen and oxygen atoms in total. The van der Waals surface area contributed by atoms with E-state index in [4.69, 9.17) is 0 Å². The molecule has 2 amide bonds. The molecular formula is C19H27N3O2. The van der Waals surface area contributed by atoms with E-state index in [0.717, 1.165) is 50.1 Å². The molecule has 130 valence electrons. The standard InChI is InChI=1S/C19H27N3O2/c1-16-6-5-7-17(14-16)19(24)22-12-10-20(11-13-22)15-18(23)21-8-3-2-4-9-21/h5-7,14H,2-4,8-13,15H2,1H3. The van der Waals surface area contributed by atoms with Crippen LogP contribution in [0.2, 0.25) is 0 Å².